The Kier molecular flexibility index (Phi) is 7.20. The van der Waals surface area contributed by atoms with Gasteiger partial charge < -0.3 is 0 Å². The Morgan fingerprint density at radius 3 is 1.41 bits per heavy atom. The average Bonchev–Trinajstić information content (AvgIpc) is 3.28. The molecule has 2 heterocycles. The molecule has 0 aliphatic carbocycles. The van der Waals surface area contributed by atoms with Gasteiger partial charge in [0.25, 0.3) is 0 Å². The van der Waals surface area contributed by atoms with Crippen LogP contribution >= 0.6 is 0 Å². The Labute approximate surface area is 322 Å². The Morgan fingerprint density at radius 2 is 0.786 bits per heavy atom. The third-order valence-electron chi connectivity index (χ3n) is 11.0. The minimum absolute atomic E-state index is 0.499. The molecule has 0 radical (unpaired) electrons. The standard InChI is InChI=1S/C52H30N4/c1-53-45-31-46-52(56-51(34-16-6-3-7-17-34)50(55-46)33-14-4-2-5-15-33)47-42-22-12-13-23-44(42)54-49(48(45)47)35-26-24-32(25-27-35)36-28-29-41-39-20-9-8-18-37(39)38-19-10-11-21-40(38)43(41)30-36/h2-31H. The van der Waals surface area contributed by atoms with Crippen molar-refractivity contribution < 1.29 is 0 Å². The van der Waals surface area contributed by atoms with Crippen LogP contribution in [-0.4, -0.2) is 15.0 Å². The fraction of sp³-hybridized carbons (Fsp3) is 0. The molecule has 0 bridgehead atoms. The second-order valence-corrected chi connectivity index (χ2v) is 14.2. The number of aromatic nitrogens is 3. The van der Waals surface area contributed by atoms with Crippen LogP contribution in [0.15, 0.2) is 182 Å². The molecular weight excluding hydrogens is 681 g/mol. The van der Waals surface area contributed by atoms with Gasteiger partial charge >= 0.3 is 0 Å². The monoisotopic (exact) mass is 710 g/mol. The van der Waals surface area contributed by atoms with Crippen molar-refractivity contribution in [1.29, 1.82) is 0 Å². The molecular formula is C52H30N4. The lowest BCUT2D eigenvalue weighted by Crippen LogP contribution is -1.98. The normalized spacial score (nSPS) is 11.6. The summed E-state index contributed by atoms with van der Waals surface area (Å²) in [5.74, 6) is 0. The molecule has 56 heavy (non-hydrogen) atoms. The van der Waals surface area contributed by atoms with E-state index in [1.165, 1.54) is 32.3 Å². The van der Waals surface area contributed by atoms with Crippen LogP contribution in [0.2, 0.25) is 0 Å². The van der Waals surface area contributed by atoms with Gasteiger partial charge in [-0.05, 0) is 67.2 Å². The van der Waals surface area contributed by atoms with E-state index in [2.05, 4.69) is 126 Å². The van der Waals surface area contributed by atoms with Gasteiger partial charge in [0.05, 0.1) is 40.2 Å². The topological polar surface area (TPSA) is 43.0 Å². The van der Waals surface area contributed by atoms with Crippen LogP contribution < -0.4 is 0 Å². The van der Waals surface area contributed by atoms with Crippen LogP contribution in [0.4, 0.5) is 5.69 Å². The fourth-order valence-corrected chi connectivity index (χ4v) is 8.44. The van der Waals surface area contributed by atoms with Crippen LogP contribution in [0, 0.1) is 6.57 Å². The van der Waals surface area contributed by atoms with E-state index in [0.717, 1.165) is 72.1 Å². The number of fused-ring (bicyclic) bond motifs is 11. The van der Waals surface area contributed by atoms with E-state index >= 15 is 0 Å². The number of pyridine rings is 1. The molecule has 0 aliphatic heterocycles. The van der Waals surface area contributed by atoms with Crippen molar-refractivity contribution in [2.75, 3.05) is 0 Å². The lowest BCUT2D eigenvalue weighted by Gasteiger charge is -2.16. The van der Waals surface area contributed by atoms with Gasteiger partial charge in [-0.1, -0.05) is 164 Å². The molecule has 0 unspecified atom stereocenters. The molecule has 0 fully saturated rings. The van der Waals surface area contributed by atoms with Crippen LogP contribution in [0.25, 0.3) is 115 Å². The lowest BCUT2D eigenvalue weighted by atomic mass is 9.91. The minimum atomic E-state index is 0.499. The van der Waals surface area contributed by atoms with Crippen LogP contribution in [0.3, 0.4) is 0 Å². The molecule has 0 aliphatic rings. The third-order valence-corrected chi connectivity index (χ3v) is 11.0. The highest BCUT2D eigenvalue weighted by molar-refractivity contribution is 6.26. The zero-order chi connectivity index (χ0) is 37.2. The van der Waals surface area contributed by atoms with Crippen molar-refractivity contribution >= 4 is 70.7 Å². The molecule has 0 N–H and O–H groups in total. The van der Waals surface area contributed by atoms with Crippen molar-refractivity contribution in [3.8, 4) is 44.9 Å². The van der Waals surface area contributed by atoms with Crippen molar-refractivity contribution in [2.24, 2.45) is 0 Å². The highest BCUT2D eigenvalue weighted by atomic mass is 14.8. The van der Waals surface area contributed by atoms with E-state index < -0.39 is 0 Å². The predicted octanol–water partition coefficient (Wildman–Crippen LogP) is 14.0. The Bertz CT molecular complexity index is 3370. The maximum absolute atomic E-state index is 8.43. The Balaban J connectivity index is 1.13. The summed E-state index contributed by atoms with van der Waals surface area (Å²) in [4.78, 5) is 20.1. The molecule has 11 rings (SSSR count). The summed E-state index contributed by atoms with van der Waals surface area (Å²) >= 11 is 0. The van der Waals surface area contributed by atoms with E-state index in [0.29, 0.717) is 11.2 Å². The summed E-state index contributed by atoms with van der Waals surface area (Å²) in [6, 6.07) is 63.1. The average molecular weight is 711 g/mol. The smallest absolute Gasteiger partial charge is 0.199 e. The second kappa shape index (κ2) is 12.7. The largest absolute Gasteiger partial charge is 0.248 e. The quantitative estimate of drug-likeness (QED) is 0.135. The van der Waals surface area contributed by atoms with Gasteiger partial charge in [0.2, 0.25) is 0 Å². The molecule has 0 amide bonds. The second-order valence-electron chi connectivity index (χ2n) is 14.2. The summed E-state index contributed by atoms with van der Waals surface area (Å²) in [6.07, 6.45) is 0. The lowest BCUT2D eigenvalue weighted by molar-refractivity contribution is 1.30. The highest BCUT2D eigenvalue weighted by Gasteiger charge is 2.21. The predicted molar refractivity (Wildman–Crippen MR) is 233 cm³/mol. The molecule has 0 spiro atoms. The van der Waals surface area contributed by atoms with Gasteiger partial charge in [-0.25, -0.2) is 19.8 Å². The van der Waals surface area contributed by atoms with E-state index in [1.54, 1.807) is 0 Å². The van der Waals surface area contributed by atoms with Crippen LogP contribution in [-0.2, 0) is 0 Å². The van der Waals surface area contributed by atoms with E-state index in [9.17, 15) is 0 Å². The van der Waals surface area contributed by atoms with Crippen molar-refractivity contribution in [3.05, 3.63) is 193 Å². The van der Waals surface area contributed by atoms with E-state index in [-0.39, 0.29) is 0 Å². The van der Waals surface area contributed by atoms with Crippen molar-refractivity contribution in [1.82, 2.24) is 15.0 Å². The molecule has 4 nitrogen and oxygen atoms in total. The van der Waals surface area contributed by atoms with E-state index in [1.807, 2.05) is 60.7 Å². The first-order valence-electron chi connectivity index (χ1n) is 18.7. The third kappa shape index (κ3) is 4.96. The summed E-state index contributed by atoms with van der Waals surface area (Å²) in [7, 11) is 0. The summed E-state index contributed by atoms with van der Waals surface area (Å²) in [5.41, 5.74) is 10.2. The molecule has 0 saturated heterocycles. The number of hydrogen-bond donors (Lipinski definition) is 0. The number of rotatable bonds is 4. The molecule has 9 aromatic carbocycles. The Hall–Kier alpha value is -7.74. The maximum Gasteiger partial charge on any atom is 0.199 e. The number of benzene rings is 9. The first-order chi connectivity index (χ1) is 27.7. The van der Waals surface area contributed by atoms with Gasteiger partial charge in [0.1, 0.15) is 0 Å². The maximum atomic E-state index is 8.43. The zero-order valence-corrected chi connectivity index (χ0v) is 30.1. The SMILES string of the molecule is [C-]#[N+]c1cc2nc(-c3ccccc3)c(-c3ccccc3)nc2c2c1c(-c1ccc(-c3ccc4c5ccccc5c5ccccc5c4c3)cc1)nc1ccccc12. The first-order valence-corrected chi connectivity index (χ1v) is 18.7. The van der Waals surface area contributed by atoms with Gasteiger partial charge in [0, 0.05) is 27.3 Å². The van der Waals surface area contributed by atoms with Gasteiger partial charge in [-0.2, -0.15) is 0 Å². The summed E-state index contributed by atoms with van der Waals surface area (Å²) < 4.78 is 0. The summed E-state index contributed by atoms with van der Waals surface area (Å²) in [6.45, 7) is 8.43. The zero-order valence-electron chi connectivity index (χ0n) is 30.1. The minimum Gasteiger partial charge on any atom is -0.248 e. The molecule has 2 aromatic heterocycles. The highest BCUT2D eigenvalue weighted by Crippen LogP contribution is 2.44. The molecule has 11 aromatic rings. The molecule has 0 atom stereocenters. The number of hydrogen-bond acceptors (Lipinski definition) is 3. The number of nitrogens with zero attached hydrogens (tertiary/aromatic N) is 4. The first kappa shape index (κ1) is 31.8. The molecule has 0 saturated carbocycles. The van der Waals surface area contributed by atoms with Crippen LogP contribution in [0.5, 0.6) is 0 Å². The Morgan fingerprint density at radius 1 is 0.321 bits per heavy atom. The molecule has 4 heteroatoms. The number of para-hydroxylation sites is 1. The van der Waals surface area contributed by atoms with E-state index in [4.69, 9.17) is 21.5 Å². The van der Waals surface area contributed by atoms with Gasteiger partial charge in [0.15, 0.2) is 5.69 Å². The van der Waals surface area contributed by atoms with Gasteiger partial charge in [-0.3, -0.25) is 0 Å². The van der Waals surface area contributed by atoms with Crippen molar-refractivity contribution in [3.63, 3.8) is 0 Å². The molecule has 258 valence electrons. The fourth-order valence-electron chi connectivity index (χ4n) is 8.44. The summed E-state index contributed by atoms with van der Waals surface area (Å²) in [5, 5.41) is 10.1. The van der Waals surface area contributed by atoms with Crippen molar-refractivity contribution in [2.45, 2.75) is 0 Å². The van der Waals surface area contributed by atoms with Crippen LogP contribution in [0.1, 0.15) is 0 Å². The van der Waals surface area contributed by atoms with Gasteiger partial charge in [-0.15, -0.1) is 0 Å².